The van der Waals surface area contributed by atoms with Gasteiger partial charge < -0.3 is 9.94 Å². The highest BCUT2D eigenvalue weighted by Crippen LogP contribution is 2.29. The number of nitrogens with zero attached hydrogens (tertiary/aromatic N) is 1. The first-order valence-corrected chi connectivity index (χ1v) is 9.23. The van der Waals surface area contributed by atoms with Gasteiger partial charge in [0.05, 0.1) is 5.71 Å². The minimum absolute atomic E-state index is 0.148. The van der Waals surface area contributed by atoms with Crippen molar-refractivity contribution in [1.29, 1.82) is 0 Å². The Morgan fingerprint density at radius 1 is 1.45 bits per heavy atom. The number of carbonyl (C=O) groups is 1. The Bertz CT molecular complexity index is 713. The second-order valence-corrected chi connectivity index (χ2v) is 8.85. The van der Waals surface area contributed by atoms with E-state index in [1.807, 2.05) is 24.3 Å². The van der Waals surface area contributed by atoms with E-state index in [0.29, 0.717) is 12.1 Å². The van der Waals surface area contributed by atoms with Gasteiger partial charge >= 0.3 is 5.97 Å². The summed E-state index contributed by atoms with van der Waals surface area (Å²) in [6, 6.07) is 7.45. The van der Waals surface area contributed by atoms with E-state index in [9.17, 15) is 18.3 Å². The Morgan fingerprint density at radius 2 is 2.05 bits per heavy atom. The minimum Gasteiger partial charge on any atom is -0.480 e. The van der Waals surface area contributed by atoms with Crippen LogP contribution in [0.25, 0.3) is 0 Å². The van der Waals surface area contributed by atoms with Gasteiger partial charge in [0, 0.05) is 23.6 Å². The summed E-state index contributed by atoms with van der Waals surface area (Å²) in [5.41, 5.74) is 1.54. The van der Waals surface area contributed by atoms with Gasteiger partial charge in [-0.2, -0.15) is 0 Å². The van der Waals surface area contributed by atoms with Gasteiger partial charge in [-0.15, -0.1) is 0 Å². The van der Waals surface area contributed by atoms with Crippen LogP contribution < -0.4 is 0 Å². The summed E-state index contributed by atoms with van der Waals surface area (Å²) in [4.78, 5) is 16.6. The fraction of sp³-hybridized carbons (Fsp3) is 0.429. The molecule has 6 nitrogen and oxygen atoms in total. The highest BCUT2D eigenvalue weighted by Gasteiger charge is 2.47. The molecule has 0 fully saturated rings. The number of aliphatic carboxylic acids is 1. The molecule has 1 aliphatic heterocycles. The number of rotatable bonds is 5. The Morgan fingerprint density at radius 3 is 2.55 bits per heavy atom. The van der Waals surface area contributed by atoms with Gasteiger partial charge in [-0.05, 0) is 24.6 Å². The van der Waals surface area contributed by atoms with Crippen LogP contribution in [0.15, 0.2) is 33.9 Å². The number of hydrogen-bond donors (Lipinski definition) is 1. The number of carboxylic acid groups (broad SMARTS) is 1. The van der Waals surface area contributed by atoms with Crippen LogP contribution in [0.5, 0.6) is 0 Å². The fourth-order valence-electron chi connectivity index (χ4n) is 2.18. The molecule has 0 aliphatic carbocycles. The molecule has 2 atom stereocenters. The molecule has 1 aliphatic rings. The average molecular weight is 390 g/mol. The van der Waals surface area contributed by atoms with Crippen molar-refractivity contribution in [3.8, 4) is 0 Å². The molecular weight excluding hydrogens is 374 g/mol. The molecule has 0 saturated carbocycles. The zero-order valence-corrected chi connectivity index (χ0v) is 14.5. The number of sulfone groups is 1. The highest BCUT2D eigenvalue weighted by molar-refractivity contribution is 9.10. The summed E-state index contributed by atoms with van der Waals surface area (Å²) in [7, 11) is -3.78. The van der Waals surface area contributed by atoms with Crippen LogP contribution in [0.4, 0.5) is 0 Å². The number of carboxylic acids is 1. The second-order valence-electron chi connectivity index (χ2n) is 5.49. The summed E-state index contributed by atoms with van der Waals surface area (Å²) < 4.78 is 22.6. The first kappa shape index (κ1) is 17.0. The number of benzene rings is 1. The molecule has 1 aromatic rings. The van der Waals surface area contributed by atoms with Crippen molar-refractivity contribution in [3.63, 3.8) is 0 Å². The maximum absolute atomic E-state index is 11.8. The van der Waals surface area contributed by atoms with Crippen molar-refractivity contribution < 1.29 is 23.2 Å². The van der Waals surface area contributed by atoms with E-state index in [0.717, 1.165) is 16.3 Å². The van der Waals surface area contributed by atoms with Gasteiger partial charge in [-0.25, -0.2) is 8.42 Å². The van der Waals surface area contributed by atoms with Crippen molar-refractivity contribution in [2.75, 3.05) is 6.26 Å². The normalized spacial score (nSPS) is 20.9. The van der Waals surface area contributed by atoms with Crippen LogP contribution >= 0.6 is 15.9 Å². The molecule has 22 heavy (non-hydrogen) atoms. The summed E-state index contributed by atoms with van der Waals surface area (Å²) >= 11 is 3.34. The molecule has 1 N–H and O–H groups in total. The van der Waals surface area contributed by atoms with Crippen molar-refractivity contribution in [3.05, 3.63) is 34.3 Å². The fourth-order valence-corrected chi connectivity index (χ4v) is 3.25. The van der Waals surface area contributed by atoms with Crippen LogP contribution in [-0.2, 0) is 19.5 Å². The topological polar surface area (TPSA) is 93.0 Å². The quantitative estimate of drug-likeness (QED) is 0.832. The minimum atomic E-state index is -3.78. The summed E-state index contributed by atoms with van der Waals surface area (Å²) in [6.07, 6.45) is 0.576. The molecule has 0 amide bonds. The lowest BCUT2D eigenvalue weighted by molar-refractivity contribution is -0.140. The van der Waals surface area contributed by atoms with Gasteiger partial charge in [0.15, 0.2) is 14.6 Å². The first-order valence-electron chi connectivity index (χ1n) is 6.55. The molecule has 120 valence electrons. The molecule has 8 heteroatoms. The lowest BCUT2D eigenvalue weighted by Gasteiger charge is -2.24. The molecule has 0 spiro atoms. The van der Waals surface area contributed by atoms with E-state index >= 15 is 0 Å². The van der Waals surface area contributed by atoms with E-state index < -0.39 is 26.7 Å². The molecule has 0 bridgehead atoms. The molecule has 2 unspecified atom stereocenters. The van der Waals surface area contributed by atoms with E-state index in [-0.39, 0.29) is 6.42 Å². The second kappa shape index (κ2) is 6.00. The standard InChI is InChI=1S/C14H16BrNO5S/c1-14(13(17)18,22(2,19)20)8-11-7-12(16-21-11)9-3-5-10(15)6-4-9/h3-6,11H,7-8H2,1-2H3,(H,17,18). The van der Waals surface area contributed by atoms with Crippen molar-refractivity contribution in [2.45, 2.75) is 30.6 Å². The van der Waals surface area contributed by atoms with Crippen LogP contribution in [-0.4, -0.2) is 42.3 Å². The molecule has 0 radical (unpaired) electrons. The summed E-state index contributed by atoms with van der Waals surface area (Å²) in [5.74, 6) is -1.38. The Kier molecular flexibility index (Phi) is 4.62. The molecular formula is C14H16BrNO5S. The van der Waals surface area contributed by atoms with Gasteiger partial charge in [-0.3, -0.25) is 4.79 Å². The van der Waals surface area contributed by atoms with Crippen LogP contribution in [0.1, 0.15) is 25.3 Å². The maximum atomic E-state index is 11.8. The largest absolute Gasteiger partial charge is 0.480 e. The first-order chi connectivity index (χ1) is 10.1. The highest BCUT2D eigenvalue weighted by atomic mass is 79.9. The van der Waals surface area contributed by atoms with E-state index in [2.05, 4.69) is 21.1 Å². The Balaban J connectivity index is 2.12. The van der Waals surface area contributed by atoms with E-state index in [1.54, 1.807) is 0 Å². The Hall–Kier alpha value is -1.41. The molecule has 0 aromatic heterocycles. The monoisotopic (exact) mass is 389 g/mol. The smallest absolute Gasteiger partial charge is 0.324 e. The van der Waals surface area contributed by atoms with E-state index in [4.69, 9.17) is 4.84 Å². The predicted molar refractivity (Wildman–Crippen MR) is 85.7 cm³/mol. The zero-order chi connectivity index (χ0) is 16.5. The third-order valence-electron chi connectivity index (χ3n) is 3.80. The van der Waals surface area contributed by atoms with Crippen molar-refractivity contribution >= 4 is 37.4 Å². The van der Waals surface area contributed by atoms with Crippen LogP contribution in [0, 0.1) is 0 Å². The van der Waals surface area contributed by atoms with Crippen LogP contribution in [0.3, 0.4) is 0 Å². The zero-order valence-electron chi connectivity index (χ0n) is 12.1. The van der Waals surface area contributed by atoms with Crippen molar-refractivity contribution in [2.24, 2.45) is 5.16 Å². The third-order valence-corrected chi connectivity index (χ3v) is 6.31. The number of hydrogen-bond acceptors (Lipinski definition) is 5. The molecule has 2 rings (SSSR count). The summed E-state index contributed by atoms with van der Waals surface area (Å²) in [6.45, 7) is 1.20. The number of oxime groups is 1. The summed E-state index contributed by atoms with van der Waals surface area (Å²) in [5, 5.41) is 13.2. The number of halogens is 1. The van der Waals surface area contributed by atoms with Gasteiger partial charge in [0.2, 0.25) is 0 Å². The SMILES string of the molecule is CC(CC1CC(c2ccc(Br)cc2)=NO1)(C(=O)O)S(C)(=O)=O. The van der Waals surface area contributed by atoms with Gasteiger partial charge in [-0.1, -0.05) is 33.2 Å². The average Bonchev–Trinajstić information content (AvgIpc) is 2.86. The molecule has 0 saturated heterocycles. The lowest BCUT2D eigenvalue weighted by atomic mass is 9.97. The van der Waals surface area contributed by atoms with Gasteiger partial charge in [0.1, 0.15) is 6.10 Å². The molecule has 1 heterocycles. The lowest BCUT2D eigenvalue weighted by Crippen LogP contribution is -2.45. The van der Waals surface area contributed by atoms with Crippen molar-refractivity contribution in [1.82, 2.24) is 0 Å². The van der Waals surface area contributed by atoms with E-state index in [1.165, 1.54) is 6.92 Å². The van der Waals surface area contributed by atoms with Crippen LogP contribution in [0.2, 0.25) is 0 Å². The molecule has 1 aromatic carbocycles. The third kappa shape index (κ3) is 3.33. The Labute approximate surface area is 137 Å². The van der Waals surface area contributed by atoms with Gasteiger partial charge in [0.25, 0.3) is 0 Å². The predicted octanol–water partition coefficient (Wildman–Crippen LogP) is 2.22. The maximum Gasteiger partial charge on any atom is 0.324 e.